The van der Waals surface area contributed by atoms with Crippen LogP contribution in [0.3, 0.4) is 0 Å². The van der Waals surface area contributed by atoms with Crippen LogP contribution in [0.15, 0.2) is 41.9 Å². The highest BCUT2D eigenvalue weighted by atomic mass is 32.1. The summed E-state index contributed by atoms with van der Waals surface area (Å²) in [6, 6.07) is 7.88. The summed E-state index contributed by atoms with van der Waals surface area (Å²) in [6.07, 6.45) is -1.74. The summed E-state index contributed by atoms with van der Waals surface area (Å²) >= 11 is 1.47. The van der Waals surface area contributed by atoms with Gasteiger partial charge in [-0.25, -0.2) is 9.97 Å². The second kappa shape index (κ2) is 8.87. The number of pyridine rings is 1. The van der Waals surface area contributed by atoms with Crippen molar-refractivity contribution < 1.29 is 18.0 Å². The number of nitrogens with one attached hydrogen (secondary N) is 2. The Morgan fingerprint density at radius 3 is 2.69 bits per heavy atom. The van der Waals surface area contributed by atoms with E-state index in [1.807, 2.05) is 30.9 Å². The van der Waals surface area contributed by atoms with Gasteiger partial charge in [-0.15, -0.1) is 11.3 Å². The molecule has 3 heterocycles. The van der Waals surface area contributed by atoms with Crippen LogP contribution in [0.4, 0.5) is 24.7 Å². The Morgan fingerprint density at radius 1 is 1.22 bits per heavy atom. The van der Waals surface area contributed by atoms with Crippen LogP contribution in [0.5, 0.6) is 0 Å². The molecule has 0 radical (unpaired) electrons. The molecule has 2 N–H and O–H groups in total. The number of carbonyl (C=O) groups is 1. The van der Waals surface area contributed by atoms with Gasteiger partial charge in [-0.3, -0.25) is 4.79 Å². The van der Waals surface area contributed by atoms with Gasteiger partial charge >= 0.3 is 6.18 Å². The number of aromatic nitrogens is 2. The molecule has 2 unspecified atom stereocenters. The largest absolute Gasteiger partial charge is 0.433 e. The van der Waals surface area contributed by atoms with Gasteiger partial charge in [-0.1, -0.05) is 0 Å². The van der Waals surface area contributed by atoms with Crippen LogP contribution < -0.4 is 15.5 Å². The first-order chi connectivity index (χ1) is 15.2. The van der Waals surface area contributed by atoms with Gasteiger partial charge in [0, 0.05) is 42.5 Å². The van der Waals surface area contributed by atoms with Gasteiger partial charge < -0.3 is 15.5 Å². The smallest absolute Gasteiger partial charge is 0.353 e. The number of benzene rings is 1. The second-order valence-corrected chi connectivity index (χ2v) is 8.72. The van der Waals surface area contributed by atoms with Gasteiger partial charge in [0.2, 0.25) is 5.91 Å². The van der Waals surface area contributed by atoms with Gasteiger partial charge in [0.05, 0.1) is 15.7 Å². The van der Waals surface area contributed by atoms with Crippen molar-refractivity contribution >= 4 is 45.0 Å². The van der Waals surface area contributed by atoms with Crippen molar-refractivity contribution in [3.8, 4) is 0 Å². The van der Waals surface area contributed by atoms with E-state index in [0.29, 0.717) is 24.3 Å². The van der Waals surface area contributed by atoms with Crippen LogP contribution in [0.25, 0.3) is 16.3 Å². The number of piperazine rings is 1. The van der Waals surface area contributed by atoms with Crippen LogP contribution in [0.1, 0.15) is 25.1 Å². The molecule has 10 heteroatoms. The summed E-state index contributed by atoms with van der Waals surface area (Å²) in [5.74, 6) is -0.170. The average Bonchev–Trinajstić information content (AvgIpc) is 3.18. The fourth-order valence-electron chi connectivity index (χ4n) is 3.78. The van der Waals surface area contributed by atoms with Crippen LogP contribution in [-0.4, -0.2) is 41.0 Å². The maximum Gasteiger partial charge on any atom is 0.433 e. The standard InChI is InChI=1S/C22H22F3N5OS/c1-13-10-30(11-14(2)27-13)21-15(3-7-19(29-21)22(23,24)25)4-8-20(31)28-16-5-6-17-18(9-16)32-12-26-17/h3-9,12-14,27H,10-11H2,1-2H3,(H,28,31)/b8-4+. The zero-order valence-electron chi connectivity index (χ0n) is 17.5. The highest BCUT2D eigenvalue weighted by molar-refractivity contribution is 7.16. The Morgan fingerprint density at radius 2 is 1.97 bits per heavy atom. The van der Waals surface area contributed by atoms with E-state index in [0.717, 1.165) is 16.3 Å². The first-order valence-electron chi connectivity index (χ1n) is 10.1. The first kappa shape index (κ1) is 22.2. The second-order valence-electron chi connectivity index (χ2n) is 7.84. The number of hydrogen-bond acceptors (Lipinski definition) is 6. The molecule has 0 bridgehead atoms. The number of alkyl halides is 3. The van der Waals surface area contributed by atoms with Crippen molar-refractivity contribution in [2.75, 3.05) is 23.3 Å². The maximum atomic E-state index is 13.3. The minimum Gasteiger partial charge on any atom is -0.353 e. The van der Waals surface area contributed by atoms with Gasteiger partial charge in [0.25, 0.3) is 0 Å². The van der Waals surface area contributed by atoms with Crippen molar-refractivity contribution in [1.82, 2.24) is 15.3 Å². The predicted octanol–water partition coefficient (Wildman–Crippen LogP) is 4.55. The lowest BCUT2D eigenvalue weighted by Gasteiger charge is -2.37. The SMILES string of the molecule is CC1CN(c2nc(C(F)(F)F)ccc2/C=C/C(=O)Nc2ccc3ncsc3c2)CC(C)N1. The number of hydrogen-bond donors (Lipinski definition) is 2. The molecule has 1 aliphatic heterocycles. The summed E-state index contributed by atoms with van der Waals surface area (Å²) in [5, 5.41) is 6.13. The van der Waals surface area contributed by atoms with Crippen LogP contribution in [0, 0.1) is 0 Å². The molecule has 1 aromatic carbocycles. The Balaban J connectivity index is 1.58. The number of rotatable bonds is 4. The van der Waals surface area contributed by atoms with Crippen LogP contribution in [-0.2, 0) is 11.0 Å². The summed E-state index contributed by atoms with van der Waals surface area (Å²) in [5.41, 5.74) is 2.70. The highest BCUT2D eigenvalue weighted by Crippen LogP contribution is 2.31. The van der Waals surface area contributed by atoms with Gasteiger partial charge in [-0.05, 0) is 50.3 Å². The molecular weight excluding hydrogens is 439 g/mol. The minimum absolute atomic E-state index is 0.0943. The molecule has 1 saturated heterocycles. The van der Waals surface area contributed by atoms with E-state index in [-0.39, 0.29) is 23.8 Å². The molecule has 168 valence electrons. The summed E-state index contributed by atoms with van der Waals surface area (Å²) in [7, 11) is 0. The van der Waals surface area contributed by atoms with E-state index in [2.05, 4.69) is 20.6 Å². The van der Waals surface area contributed by atoms with Gasteiger partial charge in [-0.2, -0.15) is 13.2 Å². The number of anilines is 2. The number of thiazole rings is 1. The van der Waals surface area contributed by atoms with Crippen molar-refractivity contribution in [2.45, 2.75) is 32.1 Å². The van der Waals surface area contributed by atoms with E-state index in [9.17, 15) is 18.0 Å². The lowest BCUT2D eigenvalue weighted by atomic mass is 10.1. The Labute approximate surface area is 187 Å². The van der Waals surface area contributed by atoms with Crippen molar-refractivity contribution in [1.29, 1.82) is 0 Å². The van der Waals surface area contributed by atoms with Crippen molar-refractivity contribution in [3.63, 3.8) is 0 Å². The third-order valence-corrected chi connectivity index (χ3v) is 5.86. The van der Waals surface area contributed by atoms with E-state index in [4.69, 9.17) is 0 Å². The summed E-state index contributed by atoms with van der Waals surface area (Å²) in [6.45, 7) is 4.97. The quantitative estimate of drug-likeness (QED) is 0.558. The molecule has 4 rings (SSSR count). The molecule has 2 aromatic heterocycles. The summed E-state index contributed by atoms with van der Waals surface area (Å²) in [4.78, 5) is 22.4. The molecule has 0 saturated carbocycles. The van der Waals surface area contributed by atoms with Crippen molar-refractivity contribution in [3.05, 3.63) is 53.2 Å². The first-order valence-corrected chi connectivity index (χ1v) is 11.0. The average molecular weight is 462 g/mol. The number of nitrogens with zero attached hydrogens (tertiary/aromatic N) is 3. The number of fused-ring (bicyclic) bond motifs is 1. The summed E-state index contributed by atoms with van der Waals surface area (Å²) < 4.78 is 40.8. The Kier molecular flexibility index (Phi) is 6.16. The molecule has 0 spiro atoms. The van der Waals surface area contributed by atoms with E-state index >= 15 is 0 Å². The zero-order chi connectivity index (χ0) is 22.9. The fourth-order valence-corrected chi connectivity index (χ4v) is 4.50. The lowest BCUT2D eigenvalue weighted by molar-refractivity contribution is -0.141. The fraction of sp³-hybridized carbons (Fsp3) is 0.318. The third-order valence-electron chi connectivity index (χ3n) is 5.07. The van der Waals surface area contributed by atoms with E-state index in [1.165, 1.54) is 29.6 Å². The topological polar surface area (TPSA) is 70.2 Å². The maximum absolute atomic E-state index is 13.3. The molecule has 2 atom stereocenters. The van der Waals surface area contributed by atoms with E-state index in [1.54, 1.807) is 11.6 Å². The molecular formula is C22H22F3N5OS. The number of amides is 1. The normalized spacial score (nSPS) is 19.6. The van der Waals surface area contributed by atoms with Crippen LogP contribution in [0.2, 0.25) is 0 Å². The monoisotopic (exact) mass is 461 g/mol. The predicted molar refractivity (Wildman–Crippen MR) is 121 cm³/mol. The number of halogens is 3. The van der Waals surface area contributed by atoms with Crippen molar-refractivity contribution in [2.24, 2.45) is 0 Å². The Bertz CT molecular complexity index is 1150. The highest BCUT2D eigenvalue weighted by Gasteiger charge is 2.34. The lowest BCUT2D eigenvalue weighted by Crippen LogP contribution is -2.54. The molecule has 1 amide bonds. The van der Waals surface area contributed by atoms with Gasteiger partial charge in [0.15, 0.2) is 0 Å². The molecule has 1 aliphatic rings. The molecule has 32 heavy (non-hydrogen) atoms. The third kappa shape index (κ3) is 5.08. The number of carbonyl (C=O) groups excluding carboxylic acids is 1. The van der Waals surface area contributed by atoms with E-state index < -0.39 is 11.9 Å². The van der Waals surface area contributed by atoms with Crippen LogP contribution >= 0.6 is 11.3 Å². The molecule has 1 fully saturated rings. The molecule has 3 aromatic rings. The van der Waals surface area contributed by atoms with Gasteiger partial charge in [0.1, 0.15) is 11.5 Å². The minimum atomic E-state index is -4.55. The Hall–Kier alpha value is -2.98. The molecule has 0 aliphatic carbocycles. The zero-order valence-corrected chi connectivity index (χ0v) is 18.3. The molecule has 6 nitrogen and oxygen atoms in total.